The van der Waals surface area contributed by atoms with E-state index in [4.69, 9.17) is 4.42 Å². The molecule has 2 heterocycles. The van der Waals surface area contributed by atoms with Gasteiger partial charge in [0.1, 0.15) is 5.58 Å². The standard InChI is InChI=1S/C59H36N2O/c1-4-17-39(18-5-1)60(40-19-6-2-7-20-40)52-34-32-42(55-45-25-12-15-30-53(45)62-58(52)55)38-35-37-31-33-51-57-54(37)49(36-38)59(46-26-13-10-23-43(46)44-24-11-14-27-47(44)59)48-28-16-29-50(56(48)57)61(51)41-21-8-3-9-22-41/h1-36H. The summed E-state index contributed by atoms with van der Waals surface area (Å²) in [7, 11) is 0. The van der Waals surface area contributed by atoms with Crippen LogP contribution >= 0.6 is 0 Å². The average molecular weight is 789 g/mol. The van der Waals surface area contributed by atoms with Crippen molar-refractivity contribution in [2.24, 2.45) is 0 Å². The van der Waals surface area contributed by atoms with E-state index >= 15 is 0 Å². The summed E-state index contributed by atoms with van der Waals surface area (Å²) in [5.41, 5.74) is 18.2. The summed E-state index contributed by atoms with van der Waals surface area (Å²) in [5.74, 6) is 0. The first-order chi connectivity index (χ1) is 30.8. The highest BCUT2D eigenvalue weighted by atomic mass is 16.3. The Hall–Kier alpha value is -8.14. The Morgan fingerprint density at radius 3 is 1.74 bits per heavy atom. The second-order valence-electron chi connectivity index (χ2n) is 16.7. The van der Waals surface area contributed by atoms with E-state index < -0.39 is 5.41 Å². The number of anilines is 3. The van der Waals surface area contributed by atoms with Gasteiger partial charge in [0.25, 0.3) is 0 Å². The zero-order valence-corrected chi connectivity index (χ0v) is 33.6. The molecule has 3 heteroatoms. The molecule has 10 aromatic carbocycles. The third-order valence-electron chi connectivity index (χ3n) is 13.7. The lowest BCUT2D eigenvalue weighted by Crippen LogP contribution is -2.30. The van der Waals surface area contributed by atoms with Crippen molar-refractivity contribution in [3.8, 4) is 27.9 Å². The second-order valence-corrected chi connectivity index (χ2v) is 16.7. The summed E-state index contributed by atoms with van der Waals surface area (Å²) in [4.78, 5) is 2.32. The Labute approximate surface area is 358 Å². The maximum atomic E-state index is 7.01. The van der Waals surface area contributed by atoms with Crippen LogP contribution in [0.1, 0.15) is 22.3 Å². The molecule has 14 rings (SSSR count). The highest BCUT2D eigenvalue weighted by Crippen LogP contribution is 2.63. The molecule has 0 aliphatic heterocycles. The third-order valence-corrected chi connectivity index (χ3v) is 13.7. The minimum Gasteiger partial charge on any atom is -0.454 e. The van der Waals surface area contributed by atoms with Crippen LogP contribution in [-0.4, -0.2) is 4.57 Å². The van der Waals surface area contributed by atoms with Gasteiger partial charge in [0, 0.05) is 38.6 Å². The summed E-state index contributed by atoms with van der Waals surface area (Å²) in [6.45, 7) is 0. The van der Waals surface area contributed by atoms with Crippen molar-refractivity contribution < 1.29 is 4.42 Å². The number of fused-ring (bicyclic) bond motifs is 10. The van der Waals surface area contributed by atoms with E-state index in [2.05, 4.69) is 228 Å². The molecule has 2 aromatic heterocycles. The van der Waals surface area contributed by atoms with E-state index in [0.29, 0.717) is 0 Å². The molecule has 0 unspecified atom stereocenters. The van der Waals surface area contributed by atoms with Crippen molar-refractivity contribution in [2.75, 3.05) is 4.90 Å². The fourth-order valence-electron chi connectivity index (χ4n) is 11.4. The maximum Gasteiger partial charge on any atom is 0.160 e. The first-order valence-electron chi connectivity index (χ1n) is 21.4. The predicted octanol–water partition coefficient (Wildman–Crippen LogP) is 15.6. The molecule has 2 aliphatic carbocycles. The molecule has 0 bridgehead atoms. The predicted molar refractivity (Wildman–Crippen MR) is 257 cm³/mol. The summed E-state index contributed by atoms with van der Waals surface area (Å²) in [5, 5.41) is 7.41. The molecule has 0 saturated heterocycles. The van der Waals surface area contributed by atoms with Crippen molar-refractivity contribution in [3.63, 3.8) is 0 Å². The van der Waals surface area contributed by atoms with Crippen LogP contribution in [0, 0.1) is 0 Å². The fraction of sp³-hybridized carbons (Fsp3) is 0.0169. The number of benzene rings is 10. The van der Waals surface area contributed by atoms with Gasteiger partial charge in [-0.25, -0.2) is 0 Å². The van der Waals surface area contributed by atoms with Crippen molar-refractivity contribution in [2.45, 2.75) is 5.41 Å². The van der Waals surface area contributed by atoms with E-state index in [0.717, 1.165) is 44.6 Å². The van der Waals surface area contributed by atoms with Gasteiger partial charge in [-0.3, -0.25) is 0 Å². The van der Waals surface area contributed by atoms with Crippen LogP contribution in [0.5, 0.6) is 0 Å². The molecule has 0 saturated carbocycles. The van der Waals surface area contributed by atoms with E-state index in [1.165, 1.54) is 77.2 Å². The number of rotatable bonds is 5. The first-order valence-corrected chi connectivity index (χ1v) is 21.4. The smallest absolute Gasteiger partial charge is 0.160 e. The number of hydrogen-bond donors (Lipinski definition) is 0. The Morgan fingerprint density at radius 1 is 0.403 bits per heavy atom. The second kappa shape index (κ2) is 12.4. The van der Waals surface area contributed by atoms with Crippen LogP contribution in [0.3, 0.4) is 0 Å². The number of para-hydroxylation sites is 4. The molecule has 62 heavy (non-hydrogen) atoms. The van der Waals surface area contributed by atoms with Crippen LogP contribution in [0.15, 0.2) is 223 Å². The molecule has 0 fully saturated rings. The van der Waals surface area contributed by atoms with Crippen molar-refractivity contribution in [1.82, 2.24) is 4.57 Å². The Balaban J connectivity index is 1.13. The summed E-state index contributed by atoms with van der Waals surface area (Å²) in [6, 6.07) is 80.1. The molecule has 0 N–H and O–H groups in total. The molecule has 12 aromatic rings. The van der Waals surface area contributed by atoms with Gasteiger partial charge in [-0.2, -0.15) is 0 Å². The monoisotopic (exact) mass is 788 g/mol. The number of hydrogen-bond acceptors (Lipinski definition) is 2. The molecule has 3 nitrogen and oxygen atoms in total. The van der Waals surface area contributed by atoms with Gasteiger partial charge in [-0.05, 0) is 128 Å². The lowest BCUT2D eigenvalue weighted by atomic mass is 9.62. The Kier molecular flexibility index (Phi) is 6.76. The van der Waals surface area contributed by atoms with Crippen LogP contribution in [0.2, 0.25) is 0 Å². The number of furan rings is 1. The zero-order valence-electron chi connectivity index (χ0n) is 33.6. The average Bonchev–Trinajstić information content (AvgIpc) is 3.99. The van der Waals surface area contributed by atoms with Crippen molar-refractivity contribution in [3.05, 3.63) is 241 Å². The summed E-state index contributed by atoms with van der Waals surface area (Å²) < 4.78 is 9.48. The molecule has 0 amide bonds. The molecule has 0 radical (unpaired) electrons. The lowest BCUT2D eigenvalue weighted by Gasteiger charge is -2.38. The van der Waals surface area contributed by atoms with Gasteiger partial charge in [-0.15, -0.1) is 0 Å². The van der Waals surface area contributed by atoms with Crippen LogP contribution < -0.4 is 4.90 Å². The third kappa shape index (κ3) is 4.29. The van der Waals surface area contributed by atoms with Gasteiger partial charge in [0.2, 0.25) is 0 Å². The quantitative estimate of drug-likeness (QED) is 0.173. The van der Waals surface area contributed by atoms with Crippen molar-refractivity contribution >= 4 is 71.6 Å². The Bertz CT molecular complexity index is 3720. The van der Waals surface area contributed by atoms with Crippen molar-refractivity contribution in [1.29, 1.82) is 0 Å². The Morgan fingerprint density at radius 2 is 1.02 bits per heavy atom. The molecular weight excluding hydrogens is 753 g/mol. The van der Waals surface area contributed by atoms with Gasteiger partial charge in [0.15, 0.2) is 5.58 Å². The minimum atomic E-state index is -0.556. The fourth-order valence-corrected chi connectivity index (χ4v) is 11.4. The van der Waals surface area contributed by atoms with Gasteiger partial charge >= 0.3 is 0 Å². The zero-order chi connectivity index (χ0) is 40.5. The highest BCUT2D eigenvalue weighted by Gasteiger charge is 2.50. The van der Waals surface area contributed by atoms with E-state index in [1.807, 2.05) is 0 Å². The topological polar surface area (TPSA) is 21.3 Å². The maximum absolute atomic E-state index is 7.01. The van der Waals surface area contributed by atoms with Crippen LogP contribution in [0.4, 0.5) is 17.1 Å². The lowest BCUT2D eigenvalue weighted by molar-refractivity contribution is 0.669. The van der Waals surface area contributed by atoms with E-state index in [1.54, 1.807) is 0 Å². The van der Waals surface area contributed by atoms with E-state index in [9.17, 15) is 0 Å². The molecular formula is C59H36N2O. The van der Waals surface area contributed by atoms with Crippen LogP contribution in [0.25, 0.3) is 82.5 Å². The van der Waals surface area contributed by atoms with Gasteiger partial charge in [0.05, 0.1) is 22.1 Å². The van der Waals surface area contributed by atoms with Gasteiger partial charge < -0.3 is 13.9 Å². The van der Waals surface area contributed by atoms with Gasteiger partial charge in [-0.1, -0.05) is 146 Å². The molecule has 288 valence electrons. The first kappa shape index (κ1) is 33.7. The molecule has 0 atom stereocenters. The minimum absolute atomic E-state index is 0.556. The van der Waals surface area contributed by atoms with Crippen LogP contribution in [-0.2, 0) is 5.41 Å². The summed E-state index contributed by atoms with van der Waals surface area (Å²) in [6.07, 6.45) is 0. The number of aromatic nitrogens is 1. The SMILES string of the molecule is c1ccc(N(c2ccccc2)c2ccc(-c3cc4c5c(ccc6c5c5c(cccc5n6-c5ccccc5)C45c4ccccc4-c4ccccc45)c3)c3c2oc2ccccc23)cc1. The molecule has 1 spiro atoms. The summed E-state index contributed by atoms with van der Waals surface area (Å²) >= 11 is 0. The number of nitrogens with zero attached hydrogens (tertiary/aromatic N) is 2. The largest absolute Gasteiger partial charge is 0.454 e. The highest BCUT2D eigenvalue weighted by molar-refractivity contribution is 6.27. The molecule has 2 aliphatic rings. The van der Waals surface area contributed by atoms with E-state index in [-0.39, 0.29) is 0 Å². The normalized spacial score (nSPS) is 13.3.